The molecular formula is C26H31NO5. The molecule has 6 heteroatoms. The molecule has 1 aliphatic heterocycles. The number of carbonyl (C=O) groups is 2. The van der Waals surface area contributed by atoms with E-state index in [0.29, 0.717) is 31.7 Å². The maximum absolute atomic E-state index is 13.2. The predicted molar refractivity (Wildman–Crippen MR) is 123 cm³/mol. The molecule has 1 atom stereocenters. The van der Waals surface area contributed by atoms with Crippen LogP contribution in [0.25, 0.3) is 0 Å². The Kier molecular flexibility index (Phi) is 8.06. The summed E-state index contributed by atoms with van der Waals surface area (Å²) in [6.45, 7) is 4.72. The van der Waals surface area contributed by atoms with E-state index in [1.54, 1.807) is 12.0 Å². The number of benzene rings is 2. The van der Waals surface area contributed by atoms with E-state index in [-0.39, 0.29) is 23.9 Å². The average molecular weight is 438 g/mol. The molecule has 2 aromatic carbocycles. The van der Waals surface area contributed by atoms with Gasteiger partial charge in [0.1, 0.15) is 5.75 Å². The Morgan fingerprint density at radius 1 is 1.12 bits per heavy atom. The Hall–Kier alpha value is -3.12. The SMILES string of the molecule is COCCCN1C(=O)C(O)=C(C(=O)CCc2ccccc2)C1c1cccc(OC(C)C)c1. The summed E-state index contributed by atoms with van der Waals surface area (Å²) in [6, 6.07) is 16.4. The highest BCUT2D eigenvalue weighted by Crippen LogP contribution is 2.39. The van der Waals surface area contributed by atoms with Gasteiger partial charge in [-0.05, 0) is 49.9 Å². The lowest BCUT2D eigenvalue weighted by Crippen LogP contribution is -2.32. The molecule has 1 amide bonds. The Balaban J connectivity index is 1.91. The standard InChI is InChI=1S/C26H31NO5/c1-18(2)32-21-12-7-11-20(17-21)24-23(22(28)14-13-19-9-5-4-6-10-19)25(29)26(30)27(24)15-8-16-31-3/h4-7,9-12,17-18,24,29H,8,13-16H2,1-3H3. The number of ether oxygens (including phenoxy) is 2. The van der Waals surface area contributed by atoms with Crippen molar-refractivity contribution in [1.82, 2.24) is 4.90 Å². The van der Waals surface area contributed by atoms with E-state index < -0.39 is 17.7 Å². The van der Waals surface area contributed by atoms with Crippen molar-refractivity contribution in [2.45, 2.75) is 45.3 Å². The quantitative estimate of drug-likeness (QED) is 0.527. The van der Waals surface area contributed by atoms with Gasteiger partial charge in [0.05, 0.1) is 17.7 Å². The number of rotatable bonds is 11. The van der Waals surface area contributed by atoms with Crippen LogP contribution in [0.5, 0.6) is 5.75 Å². The summed E-state index contributed by atoms with van der Waals surface area (Å²) in [5.74, 6) is -0.552. The molecule has 0 aliphatic carbocycles. The topological polar surface area (TPSA) is 76.1 Å². The lowest BCUT2D eigenvalue weighted by Gasteiger charge is -2.27. The Morgan fingerprint density at radius 2 is 1.88 bits per heavy atom. The van der Waals surface area contributed by atoms with Crippen molar-refractivity contribution < 1.29 is 24.2 Å². The van der Waals surface area contributed by atoms with Crippen molar-refractivity contribution in [3.63, 3.8) is 0 Å². The minimum Gasteiger partial charge on any atom is -0.503 e. The largest absolute Gasteiger partial charge is 0.503 e. The van der Waals surface area contributed by atoms with Crippen LogP contribution >= 0.6 is 0 Å². The third-order valence-electron chi connectivity index (χ3n) is 5.38. The zero-order valence-electron chi connectivity index (χ0n) is 18.9. The molecule has 6 nitrogen and oxygen atoms in total. The second kappa shape index (κ2) is 11.0. The third kappa shape index (κ3) is 5.56. The van der Waals surface area contributed by atoms with Crippen LogP contribution in [0.15, 0.2) is 65.9 Å². The number of amides is 1. The minimum absolute atomic E-state index is 0.0100. The molecule has 2 aromatic rings. The fourth-order valence-corrected chi connectivity index (χ4v) is 3.96. The number of methoxy groups -OCH3 is 1. The molecule has 170 valence electrons. The van der Waals surface area contributed by atoms with E-state index in [1.165, 1.54) is 0 Å². The molecular weight excluding hydrogens is 406 g/mol. The Labute approximate surface area is 189 Å². The van der Waals surface area contributed by atoms with Gasteiger partial charge in [0.15, 0.2) is 11.5 Å². The number of hydrogen-bond acceptors (Lipinski definition) is 5. The minimum atomic E-state index is -0.654. The van der Waals surface area contributed by atoms with Crippen molar-refractivity contribution in [1.29, 1.82) is 0 Å². The fourth-order valence-electron chi connectivity index (χ4n) is 3.96. The van der Waals surface area contributed by atoms with Crippen LogP contribution < -0.4 is 4.74 Å². The van der Waals surface area contributed by atoms with Crippen molar-refractivity contribution in [2.75, 3.05) is 20.3 Å². The van der Waals surface area contributed by atoms with Gasteiger partial charge in [-0.3, -0.25) is 9.59 Å². The summed E-state index contributed by atoms with van der Waals surface area (Å²) >= 11 is 0. The molecule has 0 fully saturated rings. The zero-order valence-corrected chi connectivity index (χ0v) is 18.9. The summed E-state index contributed by atoms with van der Waals surface area (Å²) < 4.78 is 10.9. The molecule has 1 heterocycles. The van der Waals surface area contributed by atoms with Crippen LogP contribution in [-0.4, -0.2) is 48.1 Å². The van der Waals surface area contributed by atoms with Gasteiger partial charge in [-0.1, -0.05) is 42.5 Å². The van der Waals surface area contributed by atoms with Gasteiger partial charge in [0.25, 0.3) is 5.91 Å². The third-order valence-corrected chi connectivity index (χ3v) is 5.38. The number of aryl methyl sites for hydroxylation is 1. The van der Waals surface area contributed by atoms with Gasteiger partial charge in [0.2, 0.25) is 0 Å². The van der Waals surface area contributed by atoms with E-state index in [1.807, 2.05) is 68.4 Å². The molecule has 0 bridgehead atoms. The zero-order chi connectivity index (χ0) is 23.1. The molecule has 1 aliphatic rings. The van der Waals surface area contributed by atoms with E-state index in [9.17, 15) is 14.7 Å². The van der Waals surface area contributed by atoms with Crippen molar-refractivity contribution in [3.8, 4) is 5.75 Å². The first-order valence-corrected chi connectivity index (χ1v) is 11.0. The number of nitrogens with zero attached hydrogens (tertiary/aromatic N) is 1. The summed E-state index contributed by atoms with van der Waals surface area (Å²) in [5, 5.41) is 10.7. The van der Waals surface area contributed by atoms with Crippen molar-refractivity contribution in [2.24, 2.45) is 0 Å². The van der Waals surface area contributed by atoms with E-state index >= 15 is 0 Å². The van der Waals surface area contributed by atoms with Crippen LogP contribution in [0, 0.1) is 0 Å². The van der Waals surface area contributed by atoms with E-state index in [2.05, 4.69) is 0 Å². The molecule has 0 saturated heterocycles. The molecule has 1 N–H and O–H groups in total. The van der Waals surface area contributed by atoms with Gasteiger partial charge in [-0.2, -0.15) is 0 Å². The fraction of sp³-hybridized carbons (Fsp3) is 0.385. The maximum Gasteiger partial charge on any atom is 0.290 e. The smallest absolute Gasteiger partial charge is 0.290 e. The molecule has 0 radical (unpaired) electrons. The molecule has 1 unspecified atom stereocenters. The van der Waals surface area contributed by atoms with Crippen LogP contribution in [0.4, 0.5) is 0 Å². The van der Waals surface area contributed by atoms with Gasteiger partial charge in [-0.15, -0.1) is 0 Å². The monoisotopic (exact) mass is 437 g/mol. The van der Waals surface area contributed by atoms with Crippen LogP contribution in [-0.2, 0) is 20.7 Å². The average Bonchev–Trinajstić information content (AvgIpc) is 3.03. The summed E-state index contributed by atoms with van der Waals surface area (Å²) in [7, 11) is 1.60. The number of aliphatic hydroxyl groups is 1. The number of aliphatic hydroxyl groups excluding tert-OH is 1. The molecule has 3 rings (SSSR count). The highest BCUT2D eigenvalue weighted by atomic mass is 16.5. The number of carbonyl (C=O) groups excluding carboxylic acids is 2. The summed E-state index contributed by atoms with van der Waals surface area (Å²) in [4.78, 5) is 27.7. The second-order valence-electron chi connectivity index (χ2n) is 8.16. The van der Waals surface area contributed by atoms with E-state index in [0.717, 1.165) is 11.1 Å². The van der Waals surface area contributed by atoms with Crippen molar-refractivity contribution in [3.05, 3.63) is 77.1 Å². The Bertz CT molecular complexity index is 967. The maximum atomic E-state index is 13.2. The molecule has 0 saturated carbocycles. The highest BCUT2D eigenvalue weighted by molar-refractivity contribution is 6.09. The van der Waals surface area contributed by atoms with Gasteiger partial charge >= 0.3 is 0 Å². The molecule has 0 spiro atoms. The molecule has 32 heavy (non-hydrogen) atoms. The van der Waals surface area contributed by atoms with Crippen LogP contribution in [0.1, 0.15) is 43.9 Å². The lowest BCUT2D eigenvalue weighted by molar-refractivity contribution is -0.129. The molecule has 0 aromatic heterocycles. The number of hydrogen-bond donors (Lipinski definition) is 1. The summed E-state index contributed by atoms with van der Waals surface area (Å²) in [5.41, 5.74) is 1.93. The first-order chi connectivity index (χ1) is 15.4. The normalized spacial score (nSPS) is 16.2. The van der Waals surface area contributed by atoms with Gasteiger partial charge < -0.3 is 19.5 Å². The van der Waals surface area contributed by atoms with Gasteiger partial charge in [0, 0.05) is 26.7 Å². The van der Waals surface area contributed by atoms with E-state index in [4.69, 9.17) is 9.47 Å². The second-order valence-corrected chi connectivity index (χ2v) is 8.16. The van der Waals surface area contributed by atoms with Gasteiger partial charge in [-0.25, -0.2) is 0 Å². The Morgan fingerprint density at radius 3 is 2.56 bits per heavy atom. The number of Topliss-reactive ketones (excluding diaryl/α,β-unsaturated/α-hetero) is 1. The van der Waals surface area contributed by atoms with Crippen LogP contribution in [0.3, 0.4) is 0 Å². The first kappa shape index (κ1) is 23.5. The first-order valence-electron chi connectivity index (χ1n) is 11.0. The predicted octanol–water partition coefficient (Wildman–Crippen LogP) is 4.41. The van der Waals surface area contributed by atoms with Crippen molar-refractivity contribution >= 4 is 11.7 Å². The number of ketones is 1. The van der Waals surface area contributed by atoms with Crippen LogP contribution in [0.2, 0.25) is 0 Å². The summed E-state index contributed by atoms with van der Waals surface area (Å²) in [6.07, 6.45) is 1.34. The lowest BCUT2D eigenvalue weighted by atomic mass is 9.93. The highest BCUT2D eigenvalue weighted by Gasteiger charge is 2.43.